The van der Waals surface area contributed by atoms with Crippen LogP contribution in [0.25, 0.3) is 21.5 Å². The molecule has 0 aliphatic rings. The molecule has 6 rings (SSSR count). The van der Waals surface area contributed by atoms with Crippen molar-refractivity contribution >= 4 is 21.5 Å². The SMILES string of the molecule is CC.CC.Cc1cc(C)cc(Cc2cc(C)cc(C)c2)c1.Cc1cc(Cc2cc(C)c3ccccc3c2)cc2ccccc12. The third-order valence-corrected chi connectivity index (χ3v) is 7.64. The summed E-state index contributed by atoms with van der Waals surface area (Å²) in [7, 11) is 0. The van der Waals surface area contributed by atoms with E-state index in [1.54, 1.807) is 0 Å². The lowest BCUT2D eigenvalue weighted by Crippen LogP contribution is -1.92. The fourth-order valence-electron chi connectivity index (χ4n) is 6.18. The normalized spacial score (nSPS) is 10.2. The highest BCUT2D eigenvalue weighted by Gasteiger charge is 2.05. The summed E-state index contributed by atoms with van der Waals surface area (Å²) in [5, 5.41) is 5.37. The molecule has 0 spiro atoms. The number of aryl methyl sites for hydroxylation is 6. The average Bonchev–Trinajstić information content (AvgIpc) is 2.99. The van der Waals surface area contributed by atoms with Crippen molar-refractivity contribution < 1.29 is 0 Å². The van der Waals surface area contributed by atoms with E-state index >= 15 is 0 Å². The van der Waals surface area contributed by atoms with Crippen molar-refractivity contribution in [2.45, 2.75) is 82.1 Å². The predicted octanol–water partition coefficient (Wildman–Crippen LogP) is 12.8. The summed E-state index contributed by atoms with van der Waals surface area (Å²) in [5.74, 6) is 0. The summed E-state index contributed by atoms with van der Waals surface area (Å²) >= 11 is 0. The van der Waals surface area contributed by atoms with Gasteiger partial charge in [-0.05, 0) is 109 Å². The van der Waals surface area contributed by atoms with Crippen LogP contribution in [-0.2, 0) is 12.8 Å². The van der Waals surface area contributed by atoms with Crippen LogP contribution in [0.3, 0.4) is 0 Å². The first kappa shape index (κ1) is 34.3. The molecule has 0 nitrogen and oxygen atoms in total. The first-order valence-electron chi connectivity index (χ1n) is 16.3. The molecule has 228 valence electrons. The van der Waals surface area contributed by atoms with Gasteiger partial charge in [-0.2, -0.15) is 0 Å². The molecule has 44 heavy (non-hydrogen) atoms. The van der Waals surface area contributed by atoms with E-state index in [9.17, 15) is 0 Å². The van der Waals surface area contributed by atoms with E-state index in [2.05, 4.69) is 151 Å². The van der Waals surface area contributed by atoms with Gasteiger partial charge in [0.25, 0.3) is 0 Å². The minimum Gasteiger partial charge on any atom is -0.0683 e. The Hall–Kier alpha value is -4.16. The number of hydrogen-bond acceptors (Lipinski definition) is 0. The zero-order valence-corrected chi connectivity index (χ0v) is 28.8. The van der Waals surface area contributed by atoms with E-state index in [-0.39, 0.29) is 0 Å². The van der Waals surface area contributed by atoms with Crippen molar-refractivity contribution in [1.82, 2.24) is 0 Å². The first-order chi connectivity index (χ1) is 21.2. The van der Waals surface area contributed by atoms with E-state index in [0.29, 0.717) is 0 Å². The molecule has 0 aromatic heterocycles. The number of rotatable bonds is 4. The van der Waals surface area contributed by atoms with E-state index in [4.69, 9.17) is 0 Å². The summed E-state index contributed by atoms with van der Waals surface area (Å²) in [6, 6.07) is 40.2. The molecule has 6 aromatic rings. The van der Waals surface area contributed by atoms with Crippen molar-refractivity contribution in [1.29, 1.82) is 0 Å². The standard InChI is InChI=1S/C23H20.C17H20.2C2H6/c1-16-11-18(14-20-7-3-5-9-22(16)20)13-19-12-17(2)23-10-6-4-8-21(23)15-19;1-12-5-13(2)8-16(7-12)11-17-9-14(3)6-15(4)10-17;2*1-2/h3-12,14-15H,13H2,1-2H3;5-10H,11H2,1-4H3;2*1-2H3. The average molecular weight is 581 g/mol. The monoisotopic (exact) mass is 580 g/mol. The van der Waals surface area contributed by atoms with Crippen LogP contribution < -0.4 is 0 Å². The Kier molecular flexibility index (Phi) is 13.0. The molecule has 0 bridgehead atoms. The zero-order valence-electron chi connectivity index (χ0n) is 28.8. The highest BCUT2D eigenvalue weighted by molar-refractivity contribution is 5.87. The Morgan fingerprint density at radius 2 is 0.636 bits per heavy atom. The van der Waals surface area contributed by atoms with Crippen LogP contribution >= 0.6 is 0 Å². The minimum atomic E-state index is 0.983. The third kappa shape index (κ3) is 9.42. The van der Waals surface area contributed by atoms with Gasteiger partial charge in [0.05, 0.1) is 0 Å². The maximum absolute atomic E-state index is 2.33. The van der Waals surface area contributed by atoms with Gasteiger partial charge in [0.15, 0.2) is 0 Å². The molecule has 0 radical (unpaired) electrons. The molecule has 0 saturated carbocycles. The van der Waals surface area contributed by atoms with E-state index < -0.39 is 0 Å². The van der Waals surface area contributed by atoms with Gasteiger partial charge < -0.3 is 0 Å². The van der Waals surface area contributed by atoms with Gasteiger partial charge >= 0.3 is 0 Å². The van der Waals surface area contributed by atoms with Crippen LogP contribution in [0.1, 0.15) is 83.3 Å². The zero-order chi connectivity index (χ0) is 32.2. The lowest BCUT2D eigenvalue weighted by molar-refractivity contribution is 1.15. The first-order valence-corrected chi connectivity index (χ1v) is 16.3. The molecule has 0 aliphatic carbocycles. The van der Waals surface area contributed by atoms with E-state index in [1.165, 1.54) is 77.2 Å². The van der Waals surface area contributed by atoms with Crippen LogP contribution in [0.15, 0.2) is 109 Å². The molecule has 0 unspecified atom stereocenters. The molecular formula is C44H52. The Morgan fingerprint density at radius 3 is 0.977 bits per heavy atom. The summed E-state index contributed by atoms with van der Waals surface area (Å²) in [5.41, 5.74) is 13.7. The van der Waals surface area contributed by atoms with Crippen molar-refractivity contribution in [3.63, 3.8) is 0 Å². The Balaban J connectivity index is 0.000000225. The lowest BCUT2D eigenvalue weighted by Gasteiger charge is -2.10. The largest absolute Gasteiger partial charge is 0.0683 e. The quantitative estimate of drug-likeness (QED) is 0.194. The van der Waals surface area contributed by atoms with Crippen molar-refractivity contribution in [3.8, 4) is 0 Å². The van der Waals surface area contributed by atoms with Gasteiger partial charge in [-0.15, -0.1) is 0 Å². The Labute approximate surface area is 267 Å². The maximum Gasteiger partial charge on any atom is -0.00251 e. The lowest BCUT2D eigenvalue weighted by atomic mass is 9.95. The molecule has 0 amide bonds. The Morgan fingerprint density at radius 1 is 0.341 bits per heavy atom. The Bertz CT molecular complexity index is 1630. The summed E-state index contributed by atoms with van der Waals surface area (Å²) in [6.45, 7) is 21.1. The fourth-order valence-corrected chi connectivity index (χ4v) is 6.18. The third-order valence-electron chi connectivity index (χ3n) is 7.64. The highest BCUT2D eigenvalue weighted by atomic mass is 14.1. The van der Waals surface area contributed by atoms with Gasteiger partial charge in [0, 0.05) is 0 Å². The van der Waals surface area contributed by atoms with Crippen molar-refractivity contribution in [2.24, 2.45) is 0 Å². The van der Waals surface area contributed by atoms with Crippen LogP contribution in [0.2, 0.25) is 0 Å². The van der Waals surface area contributed by atoms with Crippen LogP contribution in [0.5, 0.6) is 0 Å². The second-order valence-corrected chi connectivity index (χ2v) is 11.6. The molecule has 0 saturated heterocycles. The fraction of sp³-hybridized carbons (Fsp3) is 0.273. The molecule has 0 heteroatoms. The van der Waals surface area contributed by atoms with Gasteiger partial charge in [-0.3, -0.25) is 0 Å². The van der Waals surface area contributed by atoms with Gasteiger partial charge in [-0.1, -0.05) is 159 Å². The summed E-state index contributed by atoms with van der Waals surface area (Å²) in [4.78, 5) is 0. The summed E-state index contributed by atoms with van der Waals surface area (Å²) in [6.07, 6.45) is 2.02. The highest BCUT2D eigenvalue weighted by Crippen LogP contribution is 2.25. The topological polar surface area (TPSA) is 0 Å². The van der Waals surface area contributed by atoms with Gasteiger partial charge in [0.2, 0.25) is 0 Å². The molecule has 0 aliphatic heterocycles. The van der Waals surface area contributed by atoms with Crippen molar-refractivity contribution in [2.75, 3.05) is 0 Å². The van der Waals surface area contributed by atoms with Gasteiger partial charge in [-0.25, -0.2) is 0 Å². The van der Waals surface area contributed by atoms with E-state index in [0.717, 1.165) is 12.8 Å². The molecular weight excluding hydrogens is 528 g/mol. The smallest absolute Gasteiger partial charge is 0.00251 e. The summed E-state index contributed by atoms with van der Waals surface area (Å²) < 4.78 is 0. The van der Waals surface area contributed by atoms with E-state index in [1.807, 2.05) is 27.7 Å². The molecule has 0 N–H and O–H groups in total. The van der Waals surface area contributed by atoms with Crippen LogP contribution in [-0.4, -0.2) is 0 Å². The van der Waals surface area contributed by atoms with Crippen LogP contribution in [0.4, 0.5) is 0 Å². The van der Waals surface area contributed by atoms with Crippen LogP contribution in [0, 0.1) is 41.5 Å². The number of hydrogen-bond donors (Lipinski definition) is 0. The van der Waals surface area contributed by atoms with Gasteiger partial charge in [0.1, 0.15) is 0 Å². The van der Waals surface area contributed by atoms with Crippen molar-refractivity contribution in [3.05, 3.63) is 165 Å². The second kappa shape index (κ2) is 16.6. The minimum absolute atomic E-state index is 0.983. The predicted molar refractivity (Wildman–Crippen MR) is 198 cm³/mol. The number of fused-ring (bicyclic) bond motifs is 2. The molecule has 6 aromatic carbocycles. The molecule has 0 heterocycles. The maximum atomic E-state index is 2.33. The molecule has 0 fully saturated rings. The number of benzene rings is 6. The molecule has 0 atom stereocenters. The second-order valence-electron chi connectivity index (χ2n) is 11.6.